The van der Waals surface area contributed by atoms with Gasteiger partial charge in [0.2, 0.25) is 0 Å². The zero-order valence-corrected chi connectivity index (χ0v) is 8.53. The van der Waals surface area contributed by atoms with E-state index >= 15 is 0 Å². The third-order valence-electron chi connectivity index (χ3n) is 2.14. The summed E-state index contributed by atoms with van der Waals surface area (Å²) in [5, 5.41) is 10.8. The molecular formula is C11H8ClNO2. The van der Waals surface area contributed by atoms with E-state index in [1.807, 2.05) is 12.1 Å². The van der Waals surface area contributed by atoms with E-state index in [1.165, 1.54) is 0 Å². The first-order chi connectivity index (χ1) is 7.16. The van der Waals surface area contributed by atoms with Crippen molar-refractivity contribution in [3.63, 3.8) is 0 Å². The van der Waals surface area contributed by atoms with Gasteiger partial charge in [0.25, 0.3) is 0 Å². The maximum atomic E-state index is 10.5. The number of carboxylic acids is 1. The number of aromatic nitrogens is 1. The molecule has 0 radical (unpaired) electrons. The Labute approximate surface area is 91.3 Å². The zero-order valence-electron chi connectivity index (χ0n) is 7.77. The summed E-state index contributed by atoms with van der Waals surface area (Å²) in [6, 6.07) is 7.23. The molecule has 76 valence electrons. The number of fused-ring (bicyclic) bond motifs is 1. The number of aliphatic carboxylic acids is 1. The number of nitrogens with zero attached hydrogens (tertiary/aromatic N) is 1. The molecule has 0 bridgehead atoms. The van der Waals surface area contributed by atoms with Gasteiger partial charge in [0.15, 0.2) is 0 Å². The average Bonchev–Trinajstić information content (AvgIpc) is 2.18. The number of halogens is 1. The lowest BCUT2D eigenvalue weighted by Gasteiger charge is -2.02. The first-order valence-corrected chi connectivity index (χ1v) is 4.79. The summed E-state index contributed by atoms with van der Waals surface area (Å²) in [6.07, 6.45) is 1.63. The average molecular weight is 222 g/mol. The van der Waals surface area contributed by atoms with Crippen LogP contribution in [0.2, 0.25) is 5.15 Å². The molecule has 2 rings (SSSR count). The second kappa shape index (κ2) is 3.87. The van der Waals surface area contributed by atoms with Crippen LogP contribution in [-0.4, -0.2) is 16.1 Å². The zero-order chi connectivity index (χ0) is 10.8. The smallest absolute Gasteiger partial charge is 0.307 e. The standard InChI is InChI=1S/C11H8ClNO2/c12-11-9-5-7(6-10(14)15)1-2-8(9)3-4-13-11/h1-5H,6H2,(H,14,15). The number of carboxylic acid groups (broad SMARTS) is 1. The molecule has 1 N–H and O–H groups in total. The Bertz CT molecular complexity index is 525. The van der Waals surface area contributed by atoms with Gasteiger partial charge < -0.3 is 5.11 Å². The quantitative estimate of drug-likeness (QED) is 0.793. The molecule has 1 aromatic carbocycles. The van der Waals surface area contributed by atoms with Crippen molar-refractivity contribution >= 4 is 28.3 Å². The molecule has 0 unspecified atom stereocenters. The lowest BCUT2D eigenvalue weighted by atomic mass is 10.1. The van der Waals surface area contributed by atoms with Crippen LogP contribution in [0.3, 0.4) is 0 Å². The topological polar surface area (TPSA) is 50.2 Å². The molecule has 0 fully saturated rings. The first kappa shape index (κ1) is 9.93. The molecule has 2 aromatic rings. The van der Waals surface area contributed by atoms with Crippen LogP contribution in [0.25, 0.3) is 10.8 Å². The highest BCUT2D eigenvalue weighted by atomic mass is 35.5. The second-order valence-corrected chi connectivity index (χ2v) is 3.59. The van der Waals surface area contributed by atoms with Gasteiger partial charge in [-0.05, 0) is 23.1 Å². The van der Waals surface area contributed by atoms with Crippen molar-refractivity contribution in [3.05, 3.63) is 41.2 Å². The van der Waals surface area contributed by atoms with Gasteiger partial charge >= 0.3 is 5.97 Å². The van der Waals surface area contributed by atoms with Crippen LogP contribution in [0.5, 0.6) is 0 Å². The van der Waals surface area contributed by atoms with Gasteiger partial charge in [-0.25, -0.2) is 4.98 Å². The number of benzene rings is 1. The minimum Gasteiger partial charge on any atom is -0.481 e. The molecule has 0 aliphatic heterocycles. The summed E-state index contributed by atoms with van der Waals surface area (Å²) in [5.74, 6) is -0.852. The lowest BCUT2D eigenvalue weighted by Crippen LogP contribution is -1.99. The van der Waals surface area contributed by atoms with Crippen LogP contribution in [0, 0.1) is 0 Å². The van der Waals surface area contributed by atoms with Crippen molar-refractivity contribution in [2.75, 3.05) is 0 Å². The van der Waals surface area contributed by atoms with E-state index in [-0.39, 0.29) is 6.42 Å². The maximum Gasteiger partial charge on any atom is 0.307 e. The Kier molecular flexibility index (Phi) is 2.56. The molecule has 0 aliphatic carbocycles. The fourth-order valence-corrected chi connectivity index (χ4v) is 1.68. The SMILES string of the molecule is O=C(O)Cc1ccc2ccnc(Cl)c2c1. The Morgan fingerprint density at radius 1 is 1.40 bits per heavy atom. The third-order valence-corrected chi connectivity index (χ3v) is 2.44. The van der Waals surface area contributed by atoms with Gasteiger partial charge in [0, 0.05) is 11.6 Å². The molecule has 0 aliphatic rings. The molecule has 4 heteroatoms. The molecule has 0 saturated carbocycles. The van der Waals surface area contributed by atoms with Gasteiger partial charge in [-0.1, -0.05) is 23.7 Å². The second-order valence-electron chi connectivity index (χ2n) is 3.23. The monoisotopic (exact) mass is 221 g/mol. The van der Waals surface area contributed by atoms with E-state index in [0.717, 1.165) is 16.3 Å². The number of rotatable bonds is 2. The van der Waals surface area contributed by atoms with Crippen LogP contribution in [-0.2, 0) is 11.2 Å². The Morgan fingerprint density at radius 2 is 2.20 bits per heavy atom. The van der Waals surface area contributed by atoms with Crippen molar-refractivity contribution in [3.8, 4) is 0 Å². The van der Waals surface area contributed by atoms with Crippen LogP contribution in [0.1, 0.15) is 5.56 Å². The van der Waals surface area contributed by atoms with Gasteiger partial charge in [0.05, 0.1) is 6.42 Å². The molecule has 0 saturated heterocycles. The normalized spacial score (nSPS) is 10.5. The fraction of sp³-hybridized carbons (Fsp3) is 0.0909. The minimum absolute atomic E-state index is 0.00115. The Balaban J connectivity index is 2.54. The summed E-state index contributed by atoms with van der Waals surface area (Å²) in [6.45, 7) is 0. The van der Waals surface area contributed by atoms with Crippen LogP contribution >= 0.6 is 11.6 Å². The van der Waals surface area contributed by atoms with E-state index in [4.69, 9.17) is 16.7 Å². The summed E-state index contributed by atoms with van der Waals surface area (Å²) in [5.41, 5.74) is 0.727. The molecule has 0 spiro atoms. The van der Waals surface area contributed by atoms with E-state index in [1.54, 1.807) is 18.3 Å². The van der Waals surface area contributed by atoms with Crippen molar-refractivity contribution < 1.29 is 9.90 Å². The van der Waals surface area contributed by atoms with Crippen molar-refractivity contribution in [2.24, 2.45) is 0 Å². The summed E-state index contributed by atoms with van der Waals surface area (Å²) in [7, 11) is 0. The number of carbonyl (C=O) groups is 1. The Morgan fingerprint density at radius 3 is 2.93 bits per heavy atom. The molecule has 1 aromatic heterocycles. The van der Waals surface area contributed by atoms with Crippen molar-refractivity contribution in [1.82, 2.24) is 4.98 Å². The number of pyridine rings is 1. The molecule has 15 heavy (non-hydrogen) atoms. The minimum atomic E-state index is -0.852. The molecule has 3 nitrogen and oxygen atoms in total. The summed E-state index contributed by atoms with van der Waals surface area (Å²) in [4.78, 5) is 14.5. The highest BCUT2D eigenvalue weighted by Crippen LogP contribution is 2.22. The lowest BCUT2D eigenvalue weighted by molar-refractivity contribution is -0.136. The largest absolute Gasteiger partial charge is 0.481 e. The highest BCUT2D eigenvalue weighted by molar-refractivity contribution is 6.34. The molecular weight excluding hydrogens is 214 g/mol. The molecule has 0 amide bonds. The summed E-state index contributed by atoms with van der Waals surface area (Å²) >= 11 is 5.91. The maximum absolute atomic E-state index is 10.5. The first-order valence-electron chi connectivity index (χ1n) is 4.42. The van der Waals surface area contributed by atoms with Crippen LogP contribution in [0.15, 0.2) is 30.5 Å². The van der Waals surface area contributed by atoms with E-state index in [0.29, 0.717) is 5.15 Å². The van der Waals surface area contributed by atoms with E-state index < -0.39 is 5.97 Å². The fourth-order valence-electron chi connectivity index (χ4n) is 1.46. The van der Waals surface area contributed by atoms with Gasteiger partial charge in [-0.3, -0.25) is 4.79 Å². The van der Waals surface area contributed by atoms with Gasteiger partial charge in [0.1, 0.15) is 5.15 Å². The molecule has 0 atom stereocenters. The molecule has 1 heterocycles. The third kappa shape index (κ3) is 2.07. The van der Waals surface area contributed by atoms with Crippen molar-refractivity contribution in [1.29, 1.82) is 0 Å². The summed E-state index contributed by atoms with van der Waals surface area (Å²) < 4.78 is 0. The van der Waals surface area contributed by atoms with E-state index in [9.17, 15) is 4.79 Å². The van der Waals surface area contributed by atoms with Crippen molar-refractivity contribution in [2.45, 2.75) is 6.42 Å². The van der Waals surface area contributed by atoms with Crippen LogP contribution in [0.4, 0.5) is 0 Å². The predicted octanol–water partition coefficient (Wildman–Crippen LogP) is 2.52. The highest BCUT2D eigenvalue weighted by Gasteiger charge is 2.04. The predicted molar refractivity (Wildman–Crippen MR) is 58.1 cm³/mol. The van der Waals surface area contributed by atoms with Gasteiger partial charge in [-0.2, -0.15) is 0 Å². The number of hydrogen-bond acceptors (Lipinski definition) is 2. The van der Waals surface area contributed by atoms with Crippen LogP contribution < -0.4 is 0 Å². The Hall–Kier alpha value is -1.61. The van der Waals surface area contributed by atoms with E-state index in [2.05, 4.69) is 4.98 Å². The van der Waals surface area contributed by atoms with Gasteiger partial charge in [-0.15, -0.1) is 0 Å². The number of hydrogen-bond donors (Lipinski definition) is 1.